The van der Waals surface area contributed by atoms with E-state index >= 15 is 0 Å². The quantitative estimate of drug-likeness (QED) is 0.343. The Bertz CT molecular complexity index is 1460. The third-order valence-corrected chi connectivity index (χ3v) is 10.2. The highest BCUT2D eigenvalue weighted by Crippen LogP contribution is 2.66. The Morgan fingerprint density at radius 2 is 1.72 bits per heavy atom. The number of likely N-dealkylation sites (tertiary alicyclic amines) is 2. The van der Waals surface area contributed by atoms with Gasteiger partial charge in [-0.1, -0.05) is 48.0 Å². The van der Waals surface area contributed by atoms with Gasteiger partial charge in [-0.25, -0.2) is 0 Å². The lowest BCUT2D eigenvalue weighted by Gasteiger charge is -2.51. The number of halogens is 2. The van der Waals surface area contributed by atoms with Gasteiger partial charge in [0.15, 0.2) is 9.75 Å². The third-order valence-electron chi connectivity index (χ3n) is 8.82. The Labute approximate surface area is 235 Å². The van der Waals surface area contributed by atoms with Crippen molar-refractivity contribution in [3.8, 4) is 11.5 Å². The number of amides is 4. The number of nitrogens with zero attached hydrogens (tertiary/aromatic N) is 2. The van der Waals surface area contributed by atoms with Crippen LogP contribution in [0.25, 0.3) is 0 Å². The summed E-state index contributed by atoms with van der Waals surface area (Å²) in [4.78, 5) is 53.0. The van der Waals surface area contributed by atoms with Crippen molar-refractivity contribution in [2.45, 2.75) is 35.1 Å². The average molecular weight is 569 g/mol. The monoisotopic (exact) mass is 568 g/mol. The number of phenolic OH excluding ortho intramolecular Hbond substituents is 1. The molecule has 4 aliphatic rings. The number of aromatic hydroxyl groups is 1. The van der Waals surface area contributed by atoms with Crippen LogP contribution in [0.3, 0.4) is 0 Å². The summed E-state index contributed by atoms with van der Waals surface area (Å²) in [5.41, 5.74) is 1.96. The van der Waals surface area contributed by atoms with Gasteiger partial charge in [-0.3, -0.25) is 29.0 Å². The van der Waals surface area contributed by atoms with Gasteiger partial charge in [0.05, 0.1) is 25.5 Å². The number of carbonyl (C=O) groups excluding carboxylic acids is 4. The number of fused-ring (bicyclic) bond motifs is 4. The minimum absolute atomic E-state index is 0.0551. The van der Waals surface area contributed by atoms with Gasteiger partial charge in [0, 0.05) is 24.6 Å². The van der Waals surface area contributed by atoms with E-state index in [0.29, 0.717) is 11.1 Å². The molecule has 4 amide bonds. The van der Waals surface area contributed by atoms with Gasteiger partial charge in [0.25, 0.3) is 11.8 Å². The maximum atomic E-state index is 13.9. The lowest BCUT2D eigenvalue weighted by molar-refractivity contribution is -0.141. The molecule has 0 spiro atoms. The Morgan fingerprint density at radius 3 is 2.41 bits per heavy atom. The molecule has 2 heterocycles. The second kappa shape index (κ2) is 8.83. The predicted octanol–water partition coefficient (Wildman–Crippen LogP) is 3.59. The lowest BCUT2D eigenvalue weighted by Crippen LogP contribution is -2.60. The van der Waals surface area contributed by atoms with Crippen LogP contribution >= 0.6 is 23.2 Å². The zero-order valence-electron chi connectivity index (χ0n) is 21.3. The first-order valence-corrected chi connectivity index (χ1v) is 13.5. The summed E-state index contributed by atoms with van der Waals surface area (Å²) in [6, 6.07) is 13.7. The summed E-state index contributed by atoms with van der Waals surface area (Å²) in [6.07, 6.45) is 2.08. The van der Waals surface area contributed by atoms with Crippen molar-refractivity contribution in [3.63, 3.8) is 0 Å². The number of benzene rings is 2. The number of carbonyl (C=O) groups is 4. The number of hydrogen-bond acceptors (Lipinski definition) is 6. The lowest BCUT2D eigenvalue weighted by atomic mass is 9.56. The van der Waals surface area contributed by atoms with Crippen LogP contribution in [0.2, 0.25) is 0 Å². The molecule has 2 aromatic carbocycles. The molecule has 8 nitrogen and oxygen atoms in total. The van der Waals surface area contributed by atoms with Crippen LogP contribution in [0.15, 0.2) is 60.2 Å². The average Bonchev–Trinajstić information content (AvgIpc) is 3.24. The fourth-order valence-corrected chi connectivity index (χ4v) is 8.03. The van der Waals surface area contributed by atoms with E-state index in [1.807, 2.05) is 36.4 Å². The van der Waals surface area contributed by atoms with E-state index in [0.717, 1.165) is 10.5 Å². The van der Waals surface area contributed by atoms with Crippen LogP contribution in [0.1, 0.15) is 29.9 Å². The van der Waals surface area contributed by atoms with Crippen molar-refractivity contribution in [2.75, 3.05) is 14.2 Å². The van der Waals surface area contributed by atoms with Crippen LogP contribution in [0, 0.1) is 17.8 Å². The number of methoxy groups -OCH3 is 1. The third kappa shape index (κ3) is 3.37. The molecule has 10 heteroatoms. The molecule has 6 unspecified atom stereocenters. The molecule has 2 saturated heterocycles. The van der Waals surface area contributed by atoms with Gasteiger partial charge >= 0.3 is 0 Å². The maximum absolute atomic E-state index is 13.9. The van der Waals surface area contributed by atoms with Gasteiger partial charge < -0.3 is 9.84 Å². The summed E-state index contributed by atoms with van der Waals surface area (Å²) in [6.45, 7) is 0.147. The van der Waals surface area contributed by atoms with Crippen LogP contribution in [-0.2, 0) is 25.7 Å². The predicted molar refractivity (Wildman–Crippen MR) is 142 cm³/mol. The van der Waals surface area contributed by atoms with E-state index in [-0.39, 0.29) is 42.7 Å². The van der Waals surface area contributed by atoms with Crippen molar-refractivity contribution < 1.29 is 29.0 Å². The number of phenols is 1. The highest BCUT2D eigenvalue weighted by atomic mass is 35.5. The number of hydrogen-bond donors (Lipinski definition) is 1. The molecule has 2 aliphatic heterocycles. The minimum Gasteiger partial charge on any atom is -0.508 e. The van der Waals surface area contributed by atoms with Gasteiger partial charge in [-0.15, -0.1) is 23.2 Å². The summed E-state index contributed by atoms with van der Waals surface area (Å²) in [7, 11) is 2.77. The first kappa shape index (κ1) is 25.9. The smallest absolute Gasteiger partial charge is 0.253 e. The number of imide groups is 2. The Hall–Kier alpha value is -3.36. The molecule has 1 N–H and O–H groups in total. The highest BCUT2D eigenvalue weighted by molar-refractivity contribution is 6.53. The molecule has 6 atom stereocenters. The summed E-state index contributed by atoms with van der Waals surface area (Å²) >= 11 is 14.3. The summed E-state index contributed by atoms with van der Waals surface area (Å²) in [5.74, 6) is -4.60. The zero-order chi connectivity index (χ0) is 27.9. The summed E-state index contributed by atoms with van der Waals surface area (Å²) in [5, 5.41) is 10.1. The van der Waals surface area contributed by atoms with Crippen LogP contribution in [0.5, 0.6) is 11.5 Å². The van der Waals surface area contributed by atoms with Gasteiger partial charge in [-0.05, 0) is 30.4 Å². The van der Waals surface area contributed by atoms with Crippen molar-refractivity contribution in [1.82, 2.24) is 9.80 Å². The molecule has 2 aromatic rings. The maximum Gasteiger partial charge on any atom is 0.253 e. The molecule has 39 heavy (non-hydrogen) atoms. The molecule has 1 saturated carbocycles. The molecule has 6 rings (SSSR count). The fourth-order valence-electron chi connectivity index (χ4n) is 7.01. The number of ether oxygens (including phenoxy) is 1. The second-order valence-corrected chi connectivity index (χ2v) is 11.9. The summed E-state index contributed by atoms with van der Waals surface area (Å²) < 4.78 is 5.55. The van der Waals surface area contributed by atoms with Crippen molar-refractivity contribution >= 4 is 46.8 Å². The molecular weight excluding hydrogens is 543 g/mol. The van der Waals surface area contributed by atoms with E-state index in [1.165, 1.54) is 31.2 Å². The molecule has 0 aromatic heterocycles. The van der Waals surface area contributed by atoms with Gasteiger partial charge in [0.2, 0.25) is 11.8 Å². The second-order valence-electron chi connectivity index (χ2n) is 10.7. The Balaban J connectivity index is 1.50. The number of allylic oxidation sites excluding steroid dienone is 2. The van der Waals surface area contributed by atoms with Gasteiger partial charge in [0.1, 0.15) is 11.5 Å². The molecule has 0 radical (unpaired) electrons. The van der Waals surface area contributed by atoms with E-state index in [9.17, 15) is 24.3 Å². The van der Waals surface area contributed by atoms with Crippen LogP contribution in [0.4, 0.5) is 0 Å². The van der Waals surface area contributed by atoms with Crippen LogP contribution < -0.4 is 4.74 Å². The topological polar surface area (TPSA) is 104 Å². The Morgan fingerprint density at radius 1 is 1.00 bits per heavy atom. The van der Waals surface area contributed by atoms with E-state index in [4.69, 9.17) is 27.9 Å². The van der Waals surface area contributed by atoms with E-state index < -0.39 is 45.2 Å². The van der Waals surface area contributed by atoms with Gasteiger partial charge in [-0.2, -0.15) is 0 Å². The fraction of sp³-hybridized carbons (Fsp3) is 0.379. The minimum atomic E-state index is -1.91. The van der Waals surface area contributed by atoms with E-state index in [2.05, 4.69) is 0 Å². The molecular formula is C29H26Cl2N2O6. The molecule has 3 fully saturated rings. The Kier molecular flexibility index (Phi) is 5.86. The van der Waals surface area contributed by atoms with Crippen molar-refractivity contribution in [2.24, 2.45) is 17.8 Å². The van der Waals surface area contributed by atoms with Crippen LogP contribution in [-0.4, -0.2) is 62.4 Å². The normalized spacial score (nSPS) is 33.6. The highest BCUT2D eigenvalue weighted by Gasteiger charge is 2.76. The molecule has 202 valence electrons. The largest absolute Gasteiger partial charge is 0.508 e. The first-order valence-electron chi connectivity index (χ1n) is 12.7. The SMILES string of the molecule is COc1cc(O)ccc1C1C2=CCC3C(=O)N(Cc4ccccc4)C(=O)C3C2CC2(Cl)C(=O)N(C)C(=O)C12Cl. The standard InChI is InChI=1S/C29H26Cl2N2O6/c1-32-26(37)28(30)13-20-17(23(29(28,31)27(32)38)18-9-8-16(34)12-21(18)39-2)10-11-19-22(20)25(36)33(24(19)35)14-15-6-4-3-5-7-15/h3-10,12,19-20,22-23,34H,11,13-14H2,1-2H3. The van der Waals surface area contributed by atoms with Crippen molar-refractivity contribution in [3.05, 3.63) is 71.3 Å². The molecule has 2 aliphatic carbocycles. The molecule has 0 bridgehead atoms. The van der Waals surface area contributed by atoms with E-state index in [1.54, 1.807) is 6.07 Å². The first-order chi connectivity index (χ1) is 18.5. The van der Waals surface area contributed by atoms with Crippen molar-refractivity contribution in [1.29, 1.82) is 0 Å². The number of rotatable bonds is 4. The zero-order valence-corrected chi connectivity index (χ0v) is 22.8. The number of alkyl halides is 2.